The standard InChI is InChI=1S/C42H71NO5/c1-3-5-7-9-10-11-12-13-14-15-16-17-18-19-20-21-22-23-24-25-26-27-33-37-42(47)48-39(34-30-8-6-4-2)35-31-28-29-32-36-40(44)43-38-41(45)46/h5,7,10-11,13-14,16-17,30,34,39H,3-4,6,8-9,12,15,18-29,31-33,35-38H2,1-2H3,(H,43,44)(H,45,46)/b7-5-,11-10-,14-13-,17-16-,34-30-. The van der Waals surface area contributed by atoms with E-state index in [0.29, 0.717) is 12.8 Å². The summed E-state index contributed by atoms with van der Waals surface area (Å²) in [5.74, 6) is -1.35. The van der Waals surface area contributed by atoms with Crippen LogP contribution in [0.3, 0.4) is 0 Å². The van der Waals surface area contributed by atoms with Crippen LogP contribution >= 0.6 is 0 Å². The lowest BCUT2D eigenvalue weighted by atomic mass is 10.0. The number of carboxylic acids is 1. The molecular weight excluding hydrogens is 598 g/mol. The summed E-state index contributed by atoms with van der Waals surface area (Å²) < 4.78 is 5.82. The second kappa shape index (κ2) is 36.9. The fourth-order valence-corrected chi connectivity index (χ4v) is 5.28. The van der Waals surface area contributed by atoms with Crippen molar-refractivity contribution >= 4 is 17.8 Å². The molecule has 0 aliphatic carbocycles. The molecule has 6 nitrogen and oxygen atoms in total. The van der Waals surface area contributed by atoms with Crippen molar-refractivity contribution < 1.29 is 24.2 Å². The Morgan fingerprint density at radius 1 is 0.583 bits per heavy atom. The molecule has 0 aliphatic heterocycles. The van der Waals surface area contributed by atoms with E-state index in [2.05, 4.69) is 79.9 Å². The van der Waals surface area contributed by atoms with E-state index in [1.165, 1.54) is 57.8 Å². The molecular formula is C42H71NO5. The highest BCUT2D eigenvalue weighted by molar-refractivity contribution is 5.80. The molecule has 0 aliphatic rings. The maximum absolute atomic E-state index is 12.5. The van der Waals surface area contributed by atoms with Gasteiger partial charge >= 0.3 is 11.9 Å². The van der Waals surface area contributed by atoms with E-state index in [-0.39, 0.29) is 24.5 Å². The summed E-state index contributed by atoms with van der Waals surface area (Å²) in [7, 11) is 0. The van der Waals surface area contributed by atoms with Crippen LogP contribution in [0.2, 0.25) is 0 Å². The molecule has 0 aromatic heterocycles. The molecule has 0 aromatic carbocycles. The van der Waals surface area contributed by atoms with Gasteiger partial charge in [-0.05, 0) is 76.7 Å². The Balaban J connectivity index is 3.82. The number of carboxylic acid groups (broad SMARTS) is 1. The second-order valence-electron chi connectivity index (χ2n) is 12.8. The molecule has 0 bridgehead atoms. The van der Waals surface area contributed by atoms with Crippen molar-refractivity contribution in [2.45, 2.75) is 180 Å². The normalized spacial score (nSPS) is 12.7. The number of carbonyl (C=O) groups excluding carboxylic acids is 2. The summed E-state index contributed by atoms with van der Waals surface area (Å²) in [6, 6.07) is 0. The molecule has 0 radical (unpaired) electrons. The fraction of sp³-hybridized carbons (Fsp3) is 0.690. The van der Waals surface area contributed by atoms with Crippen molar-refractivity contribution in [3.8, 4) is 0 Å². The monoisotopic (exact) mass is 670 g/mol. The lowest BCUT2D eigenvalue weighted by Gasteiger charge is -2.15. The SMILES string of the molecule is CC/C=C\C/C=C\C/C=C\C/C=C\CCCCCCCCCCCCC(=O)OC(/C=C\CCCC)CCCCCCC(=O)NCC(=O)O. The van der Waals surface area contributed by atoms with Gasteiger partial charge in [0.1, 0.15) is 12.6 Å². The first-order chi connectivity index (χ1) is 23.5. The average Bonchev–Trinajstić information content (AvgIpc) is 3.07. The molecule has 6 heteroatoms. The van der Waals surface area contributed by atoms with Gasteiger partial charge in [-0.25, -0.2) is 0 Å². The lowest BCUT2D eigenvalue weighted by molar-refractivity contribution is -0.147. The van der Waals surface area contributed by atoms with E-state index in [0.717, 1.165) is 89.9 Å². The van der Waals surface area contributed by atoms with Gasteiger partial charge in [0.2, 0.25) is 5.91 Å². The van der Waals surface area contributed by atoms with Crippen LogP contribution in [0.25, 0.3) is 0 Å². The van der Waals surface area contributed by atoms with Crippen LogP contribution in [-0.4, -0.2) is 35.6 Å². The zero-order valence-corrected chi connectivity index (χ0v) is 30.8. The van der Waals surface area contributed by atoms with Gasteiger partial charge in [-0.2, -0.15) is 0 Å². The molecule has 0 saturated heterocycles. The highest BCUT2D eigenvalue weighted by atomic mass is 16.5. The number of allylic oxidation sites excluding steroid dienone is 9. The average molecular weight is 670 g/mol. The summed E-state index contributed by atoms with van der Waals surface area (Å²) in [5.41, 5.74) is 0. The van der Waals surface area contributed by atoms with E-state index in [1.807, 2.05) is 0 Å². The van der Waals surface area contributed by atoms with Crippen LogP contribution in [0.15, 0.2) is 60.8 Å². The summed E-state index contributed by atoms with van der Waals surface area (Å²) >= 11 is 0. The van der Waals surface area contributed by atoms with E-state index in [4.69, 9.17) is 9.84 Å². The van der Waals surface area contributed by atoms with E-state index >= 15 is 0 Å². The number of esters is 1. The molecule has 0 rings (SSSR count). The van der Waals surface area contributed by atoms with Crippen LogP contribution in [0.5, 0.6) is 0 Å². The van der Waals surface area contributed by atoms with E-state index in [9.17, 15) is 14.4 Å². The smallest absolute Gasteiger partial charge is 0.322 e. The van der Waals surface area contributed by atoms with Crippen LogP contribution in [0.1, 0.15) is 174 Å². The van der Waals surface area contributed by atoms with Gasteiger partial charge < -0.3 is 15.2 Å². The Bertz CT molecular complexity index is 917. The first-order valence-electron chi connectivity index (χ1n) is 19.4. The van der Waals surface area contributed by atoms with Gasteiger partial charge in [0.15, 0.2) is 0 Å². The Hall–Kier alpha value is -2.89. The predicted octanol–water partition coefficient (Wildman–Crippen LogP) is 11.7. The number of hydrogen-bond acceptors (Lipinski definition) is 4. The first-order valence-corrected chi connectivity index (χ1v) is 19.4. The van der Waals surface area contributed by atoms with Crippen molar-refractivity contribution in [3.05, 3.63) is 60.8 Å². The Morgan fingerprint density at radius 3 is 1.67 bits per heavy atom. The highest BCUT2D eigenvalue weighted by Gasteiger charge is 2.12. The van der Waals surface area contributed by atoms with Crippen LogP contribution in [-0.2, 0) is 19.1 Å². The van der Waals surface area contributed by atoms with Crippen LogP contribution in [0.4, 0.5) is 0 Å². The molecule has 0 heterocycles. The zero-order chi connectivity index (χ0) is 35.2. The molecule has 2 N–H and O–H groups in total. The number of hydrogen-bond donors (Lipinski definition) is 2. The van der Waals surface area contributed by atoms with Gasteiger partial charge in [-0.3, -0.25) is 14.4 Å². The minimum absolute atomic E-state index is 0.0967. The lowest BCUT2D eigenvalue weighted by Crippen LogP contribution is -2.28. The predicted molar refractivity (Wildman–Crippen MR) is 203 cm³/mol. The summed E-state index contributed by atoms with van der Waals surface area (Å²) in [6.45, 7) is 4.00. The number of carbonyl (C=O) groups is 3. The first kappa shape index (κ1) is 45.1. The molecule has 0 aromatic rings. The number of nitrogens with one attached hydrogen (secondary N) is 1. The quantitative estimate of drug-likeness (QED) is 0.0404. The van der Waals surface area contributed by atoms with Gasteiger partial charge in [0.25, 0.3) is 0 Å². The van der Waals surface area contributed by atoms with Gasteiger partial charge in [0, 0.05) is 12.8 Å². The van der Waals surface area contributed by atoms with Crippen molar-refractivity contribution in [2.24, 2.45) is 0 Å². The minimum atomic E-state index is -1.03. The molecule has 0 spiro atoms. The molecule has 1 amide bonds. The summed E-state index contributed by atoms with van der Waals surface area (Å²) in [5, 5.41) is 11.0. The van der Waals surface area contributed by atoms with E-state index < -0.39 is 5.97 Å². The van der Waals surface area contributed by atoms with Crippen molar-refractivity contribution in [1.82, 2.24) is 5.32 Å². The van der Waals surface area contributed by atoms with Crippen LogP contribution in [0, 0.1) is 0 Å². The van der Waals surface area contributed by atoms with E-state index in [1.54, 1.807) is 0 Å². The molecule has 1 unspecified atom stereocenters. The maximum Gasteiger partial charge on any atom is 0.322 e. The number of amides is 1. The number of ether oxygens (including phenoxy) is 1. The molecule has 274 valence electrons. The molecule has 0 fully saturated rings. The third-order valence-electron chi connectivity index (χ3n) is 8.16. The Labute approximate surface area is 294 Å². The number of aliphatic carboxylic acids is 1. The Kier molecular flexibility index (Phi) is 34.7. The summed E-state index contributed by atoms with van der Waals surface area (Å²) in [6.07, 6.45) is 48.2. The van der Waals surface area contributed by atoms with Crippen molar-refractivity contribution in [2.75, 3.05) is 6.54 Å². The van der Waals surface area contributed by atoms with Crippen molar-refractivity contribution in [3.63, 3.8) is 0 Å². The molecule has 48 heavy (non-hydrogen) atoms. The molecule has 1 atom stereocenters. The minimum Gasteiger partial charge on any atom is -0.480 e. The fourth-order valence-electron chi connectivity index (χ4n) is 5.28. The topological polar surface area (TPSA) is 92.7 Å². The zero-order valence-electron chi connectivity index (χ0n) is 30.8. The number of rotatable bonds is 34. The Morgan fingerprint density at radius 2 is 1.08 bits per heavy atom. The largest absolute Gasteiger partial charge is 0.480 e. The van der Waals surface area contributed by atoms with Crippen molar-refractivity contribution in [1.29, 1.82) is 0 Å². The third-order valence-corrected chi connectivity index (χ3v) is 8.16. The number of unbranched alkanes of at least 4 members (excludes halogenated alkanes) is 15. The third kappa shape index (κ3) is 36.0. The summed E-state index contributed by atoms with van der Waals surface area (Å²) in [4.78, 5) is 34.7. The maximum atomic E-state index is 12.5. The molecule has 0 saturated carbocycles. The van der Waals surface area contributed by atoms with Gasteiger partial charge in [-0.15, -0.1) is 0 Å². The van der Waals surface area contributed by atoms with Gasteiger partial charge in [0.05, 0.1) is 0 Å². The van der Waals surface area contributed by atoms with Crippen LogP contribution < -0.4 is 5.32 Å². The highest BCUT2D eigenvalue weighted by Crippen LogP contribution is 2.15. The van der Waals surface area contributed by atoms with Gasteiger partial charge in [-0.1, -0.05) is 146 Å². The second-order valence-corrected chi connectivity index (χ2v) is 12.8.